The summed E-state index contributed by atoms with van der Waals surface area (Å²) >= 11 is 12.8. The zero-order chi connectivity index (χ0) is 20.8. The average Bonchev–Trinajstić information content (AvgIpc) is 3.00. The molecule has 0 saturated heterocycles. The molecule has 0 radical (unpaired) electrons. The summed E-state index contributed by atoms with van der Waals surface area (Å²) in [4.78, 5) is 4.66. The van der Waals surface area contributed by atoms with Gasteiger partial charge in [-0.25, -0.2) is 13.4 Å². The second kappa shape index (κ2) is 7.37. The Morgan fingerprint density at radius 2 is 1.72 bits per heavy atom. The van der Waals surface area contributed by atoms with Gasteiger partial charge in [-0.1, -0.05) is 41.4 Å². The van der Waals surface area contributed by atoms with E-state index in [0.29, 0.717) is 32.8 Å². The van der Waals surface area contributed by atoms with Gasteiger partial charge in [0.1, 0.15) is 27.7 Å². The molecular formula is C21H16Cl2N2O3S. The van der Waals surface area contributed by atoms with Crippen molar-refractivity contribution in [2.45, 2.75) is 11.8 Å². The van der Waals surface area contributed by atoms with Gasteiger partial charge in [0, 0.05) is 12.3 Å². The molecule has 0 unspecified atom stereocenters. The smallest absolute Gasteiger partial charge is 0.179 e. The van der Waals surface area contributed by atoms with Crippen molar-refractivity contribution in [3.8, 4) is 17.2 Å². The molecule has 0 spiro atoms. The molecule has 0 N–H and O–H groups in total. The number of hydrogen-bond acceptors (Lipinski definition) is 4. The first kappa shape index (κ1) is 19.8. The van der Waals surface area contributed by atoms with E-state index in [4.69, 9.17) is 27.9 Å². The van der Waals surface area contributed by atoms with Gasteiger partial charge in [0.2, 0.25) is 0 Å². The van der Waals surface area contributed by atoms with Crippen LogP contribution in [0.15, 0.2) is 65.6 Å². The number of rotatable bonds is 4. The fourth-order valence-electron chi connectivity index (χ4n) is 3.18. The van der Waals surface area contributed by atoms with Crippen molar-refractivity contribution in [2.75, 3.05) is 6.26 Å². The van der Waals surface area contributed by atoms with E-state index in [1.807, 2.05) is 23.6 Å². The predicted octanol–water partition coefficient (Wildman–Crippen LogP) is 5.84. The number of halogens is 2. The number of nitrogens with zero attached hydrogens (tertiary/aromatic N) is 2. The molecule has 29 heavy (non-hydrogen) atoms. The van der Waals surface area contributed by atoms with E-state index >= 15 is 0 Å². The molecule has 8 heteroatoms. The molecule has 5 nitrogen and oxygen atoms in total. The van der Waals surface area contributed by atoms with E-state index in [2.05, 4.69) is 4.98 Å². The van der Waals surface area contributed by atoms with E-state index < -0.39 is 9.84 Å². The maximum atomic E-state index is 12.0. The van der Waals surface area contributed by atoms with Gasteiger partial charge in [-0.2, -0.15) is 0 Å². The number of aryl methyl sites for hydroxylation is 1. The van der Waals surface area contributed by atoms with E-state index in [1.165, 1.54) is 6.07 Å². The van der Waals surface area contributed by atoms with Crippen LogP contribution in [0.4, 0.5) is 0 Å². The molecule has 0 aliphatic heterocycles. The average molecular weight is 447 g/mol. The molecule has 0 atom stereocenters. The van der Waals surface area contributed by atoms with Crippen molar-refractivity contribution in [1.29, 1.82) is 0 Å². The zero-order valence-corrected chi connectivity index (χ0v) is 17.9. The van der Waals surface area contributed by atoms with Crippen LogP contribution in [0, 0.1) is 6.92 Å². The van der Waals surface area contributed by atoms with Crippen molar-refractivity contribution >= 4 is 44.1 Å². The van der Waals surface area contributed by atoms with Gasteiger partial charge in [0.05, 0.1) is 21.2 Å². The molecule has 0 fully saturated rings. The molecule has 0 saturated carbocycles. The maximum Gasteiger partial charge on any atom is 0.179 e. The molecule has 0 amide bonds. The summed E-state index contributed by atoms with van der Waals surface area (Å²) in [6.07, 6.45) is 1.15. The van der Waals surface area contributed by atoms with E-state index in [1.54, 1.807) is 42.5 Å². The standard InChI is InChI=1S/C21H16Cl2N2O3S/c1-13-24-21-16(23)6-5-7-17(21)25(13)18-12-14(10-11-15(18)22)28-19-8-3-4-9-20(19)29(2,26)27/h3-12H,1-2H3. The highest BCUT2D eigenvalue weighted by Gasteiger charge is 2.17. The van der Waals surface area contributed by atoms with Crippen molar-refractivity contribution in [3.63, 3.8) is 0 Å². The van der Waals surface area contributed by atoms with Crippen molar-refractivity contribution in [3.05, 3.63) is 76.5 Å². The van der Waals surface area contributed by atoms with Crippen LogP contribution in [0.3, 0.4) is 0 Å². The lowest BCUT2D eigenvalue weighted by Crippen LogP contribution is -2.01. The molecule has 0 aliphatic rings. The van der Waals surface area contributed by atoms with Gasteiger partial charge in [0.25, 0.3) is 0 Å². The topological polar surface area (TPSA) is 61.2 Å². The number of hydrogen-bond donors (Lipinski definition) is 0. The molecule has 148 valence electrons. The van der Waals surface area contributed by atoms with Crippen molar-refractivity contribution in [1.82, 2.24) is 9.55 Å². The summed E-state index contributed by atoms with van der Waals surface area (Å²) in [6.45, 7) is 1.86. The first-order valence-corrected chi connectivity index (χ1v) is 11.3. The number of fused-ring (bicyclic) bond motifs is 1. The Kier molecular flexibility index (Phi) is 5.02. The molecule has 0 bridgehead atoms. The quantitative estimate of drug-likeness (QED) is 0.395. The Balaban J connectivity index is 1.84. The molecule has 0 aliphatic carbocycles. The number of ether oxygens (including phenoxy) is 1. The minimum absolute atomic E-state index is 0.118. The van der Waals surface area contributed by atoms with Crippen LogP contribution in [0.2, 0.25) is 10.0 Å². The van der Waals surface area contributed by atoms with Gasteiger partial charge < -0.3 is 4.74 Å². The van der Waals surface area contributed by atoms with E-state index in [0.717, 1.165) is 11.8 Å². The van der Waals surface area contributed by atoms with Crippen molar-refractivity contribution in [2.24, 2.45) is 0 Å². The lowest BCUT2D eigenvalue weighted by atomic mass is 10.2. The number of benzene rings is 3. The maximum absolute atomic E-state index is 12.0. The van der Waals surface area contributed by atoms with Crippen molar-refractivity contribution < 1.29 is 13.2 Å². The minimum Gasteiger partial charge on any atom is -0.456 e. The lowest BCUT2D eigenvalue weighted by molar-refractivity contribution is 0.467. The first-order valence-electron chi connectivity index (χ1n) is 8.66. The Morgan fingerprint density at radius 1 is 0.966 bits per heavy atom. The van der Waals surface area contributed by atoms with E-state index in [-0.39, 0.29) is 10.6 Å². The summed E-state index contributed by atoms with van der Waals surface area (Å²) in [5.74, 6) is 1.41. The SMILES string of the molecule is Cc1nc2c(Cl)cccc2n1-c1cc(Oc2ccccc2S(C)(=O)=O)ccc1Cl. The number of aromatic nitrogens is 2. The Labute approximate surface area is 178 Å². The molecule has 1 heterocycles. The van der Waals surface area contributed by atoms with Crippen LogP contribution in [-0.2, 0) is 9.84 Å². The van der Waals surface area contributed by atoms with Crippen LogP contribution >= 0.6 is 23.2 Å². The number of imidazole rings is 1. The third-order valence-electron chi connectivity index (χ3n) is 4.44. The van der Waals surface area contributed by atoms with Gasteiger partial charge in [0.15, 0.2) is 9.84 Å². The zero-order valence-electron chi connectivity index (χ0n) is 15.6. The van der Waals surface area contributed by atoms with Gasteiger partial charge in [-0.3, -0.25) is 4.57 Å². The summed E-state index contributed by atoms with van der Waals surface area (Å²) in [5.41, 5.74) is 2.14. The number of para-hydroxylation sites is 2. The Bertz CT molecular complexity index is 1350. The van der Waals surface area contributed by atoms with Crippen LogP contribution < -0.4 is 4.74 Å². The van der Waals surface area contributed by atoms with Gasteiger partial charge in [-0.15, -0.1) is 0 Å². The normalized spacial score (nSPS) is 11.7. The molecule has 1 aromatic heterocycles. The fraction of sp³-hybridized carbons (Fsp3) is 0.0952. The largest absolute Gasteiger partial charge is 0.456 e. The summed E-state index contributed by atoms with van der Waals surface area (Å²) in [7, 11) is -3.44. The second-order valence-corrected chi connectivity index (χ2v) is 9.33. The lowest BCUT2D eigenvalue weighted by Gasteiger charge is -2.14. The summed E-state index contributed by atoms with van der Waals surface area (Å²) in [5, 5.41) is 1.05. The molecule has 4 aromatic rings. The third-order valence-corrected chi connectivity index (χ3v) is 6.20. The highest BCUT2D eigenvalue weighted by molar-refractivity contribution is 7.90. The fourth-order valence-corrected chi connectivity index (χ4v) is 4.40. The Hall–Kier alpha value is -2.54. The summed E-state index contributed by atoms with van der Waals surface area (Å²) < 4.78 is 31.9. The van der Waals surface area contributed by atoms with E-state index in [9.17, 15) is 8.42 Å². The minimum atomic E-state index is -3.44. The molecule has 3 aromatic carbocycles. The highest BCUT2D eigenvalue weighted by atomic mass is 35.5. The molecular weight excluding hydrogens is 431 g/mol. The number of sulfone groups is 1. The van der Waals surface area contributed by atoms with Crippen LogP contribution in [0.1, 0.15) is 5.82 Å². The second-order valence-electron chi connectivity index (χ2n) is 6.54. The Morgan fingerprint density at radius 3 is 2.48 bits per heavy atom. The van der Waals surface area contributed by atoms with Crippen LogP contribution in [-0.4, -0.2) is 24.2 Å². The first-order chi connectivity index (χ1) is 13.8. The molecule has 4 rings (SSSR count). The third kappa shape index (κ3) is 3.71. The highest BCUT2D eigenvalue weighted by Crippen LogP contribution is 2.35. The van der Waals surface area contributed by atoms with Gasteiger partial charge >= 0.3 is 0 Å². The predicted molar refractivity (Wildman–Crippen MR) is 115 cm³/mol. The summed E-state index contributed by atoms with van der Waals surface area (Å²) in [6, 6.07) is 17.2. The van der Waals surface area contributed by atoms with Gasteiger partial charge in [-0.05, 0) is 43.3 Å². The van der Waals surface area contributed by atoms with Crippen LogP contribution in [0.25, 0.3) is 16.7 Å². The van der Waals surface area contributed by atoms with Crippen LogP contribution in [0.5, 0.6) is 11.5 Å². The monoisotopic (exact) mass is 446 g/mol.